The van der Waals surface area contributed by atoms with Crippen LogP contribution in [0.4, 0.5) is 5.69 Å². The molecular formula is C21H19N3O4S. The molecule has 3 aromatic rings. The fourth-order valence-corrected chi connectivity index (χ4v) is 3.61. The van der Waals surface area contributed by atoms with Gasteiger partial charge in [0.15, 0.2) is 0 Å². The monoisotopic (exact) mass is 409 g/mol. The topological polar surface area (TPSA) is 87.3 Å². The number of nitro groups is 1. The summed E-state index contributed by atoms with van der Waals surface area (Å²) in [5.41, 5.74) is 1.29. The van der Waals surface area contributed by atoms with Crippen LogP contribution in [0, 0.1) is 10.1 Å². The van der Waals surface area contributed by atoms with E-state index >= 15 is 0 Å². The van der Waals surface area contributed by atoms with Crippen molar-refractivity contribution in [3.8, 4) is 5.75 Å². The van der Waals surface area contributed by atoms with E-state index < -0.39 is 10.7 Å². The van der Waals surface area contributed by atoms with E-state index in [2.05, 4.69) is 17.2 Å². The van der Waals surface area contributed by atoms with Crippen LogP contribution < -0.4 is 4.74 Å². The summed E-state index contributed by atoms with van der Waals surface area (Å²) in [5.74, 6) is 0.933. The summed E-state index contributed by atoms with van der Waals surface area (Å²) in [6.07, 6.45) is 4.09. The van der Waals surface area contributed by atoms with Crippen LogP contribution in [0.25, 0.3) is 6.08 Å². The van der Waals surface area contributed by atoms with Crippen molar-refractivity contribution in [2.45, 2.75) is 10.6 Å². The van der Waals surface area contributed by atoms with Gasteiger partial charge in [-0.2, -0.15) is 5.10 Å². The van der Waals surface area contributed by atoms with E-state index in [1.807, 2.05) is 36.4 Å². The molecule has 2 aromatic carbocycles. The number of allylic oxidation sites excluding steroid dienone is 1. The zero-order valence-corrected chi connectivity index (χ0v) is 16.8. The van der Waals surface area contributed by atoms with Crippen molar-refractivity contribution in [3.05, 3.63) is 87.7 Å². The lowest BCUT2D eigenvalue weighted by Gasteiger charge is -2.09. The molecule has 0 radical (unpaired) electrons. The Balaban J connectivity index is 1.74. The lowest BCUT2D eigenvalue weighted by atomic mass is 10.1. The van der Waals surface area contributed by atoms with E-state index in [9.17, 15) is 14.9 Å². The average molecular weight is 409 g/mol. The maximum atomic E-state index is 12.3. The average Bonchev–Trinajstić information content (AvgIpc) is 3.13. The number of hydrogen-bond donors (Lipinski definition) is 0. The number of carbonyl (C=O) groups excluding carboxylic acids is 1. The van der Waals surface area contributed by atoms with Crippen LogP contribution in [0.2, 0.25) is 0 Å². The van der Waals surface area contributed by atoms with E-state index in [4.69, 9.17) is 4.74 Å². The molecule has 0 N–H and O–H groups in total. The minimum atomic E-state index is -0.615. The van der Waals surface area contributed by atoms with Gasteiger partial charge in [0.05, 0.1) is 12.0 Å². The van der Waals surface area contributed by atoms with Crippen LogP contribution >= 0.6 is 11.8 Å². The van der Waals surface area contributed by atoms with Gasteiger partial charge < -0.3 is 4.74 Å². The van der Waals surface area contributed by atoms with Gasteiger partial charge in [-0.3, -0.25) is 19.6 Å². The van der Waals surface area contributed by atoms with Crippen LogP contribution in [-0.4, -0.2) is 27.6 Å². The van der Waals surface area contributed by atoms with Gasteiger partial charge in [-0.25, -0.2) is 0 Å². The van der Waals surface area contributed by atoms with Gasteiger partial charge in [0, 0.05) is 23.3 Å². The number of carbonyl (C=O) groups is 1. The molecule has 0 aliphatic carbocycles. The van der Waals surface area contributed by atoms with Crippen molar-refractivity contribution in [2.75, 3.05) is 7.11 Å². The van der Waals surface area contributed by atoms with E-state index in [1.54, 1.807) is 24.9 Å². The highest BCUT2D eigenvalue weighted by Crippen LogP contribution is 2.29. The number of aromatic nitrogens is 2. The number of ketones is 1. The Hall–Kier alpha value is -3.39. The third-order valence-electron chi connectivity index (χ3n) is 4.12. The van der Waals surface area contributed by atoms with E-state index in [-0.39, 0.29) is 11.4 Å². The maximum Gasteiger partial charge on any atom is 0.318 e. The summed E-state index contributed by atoms with van der Waals surface area (Å²) in [6.45, 7) is 0. The van der Waals surface area contributed by atoms with Gasteiger partial charge in [0.1, 0.15) is 11.9 Å². The molecule has 0 unspecified atom stereocenters. The van der Waals surface area contributed by atoms with Crippen LogP contribution in [0.5, 0.6) is 5.75 Å². The van der Waals surface area contributed by atoms with Crippen molar-refractivity contribution in [1.29, 1.82) is 0 Å². The first-order chi connectivity index (χ1) is 14.0. The molecule has 3 rings (SSSR count). The molecule has 0 aliphatic heterocycles. The molecule has 0 saturated carbocycles. The Morgan fingerprint density at radius 1 is 1.28 bits per heavy atom. The highest BCUT2D eigenvalue weighted by atomic mass is 32.2. The summed E-state index contributed by atoms with van der Waals surface area (Å²) in [7, 11) is 3.13. The Labute approximate surface area is 172 Å². The molecule has 0 atom stereocenters. The zero-order chi connectivity index (χ0) is 20.8. The molecule has 1 aromatic heterocycles. The first-order valence-electron chi connectivity index (χ1n) is 8.73. The Bertz CT molecular complexity index is 1060. The standard InChI is InChI=1S/C21H19N3O4S/c1-23-13-18(24(26)27)21(22-23)19(25)11-9-15-8-10-16(20(12-15)28-2)14-29-17-6-4-3-5-7-17/h3-13H,14H2,1-2H3/b11-9+. The third kappa shape index (κ3) is 5.11. The van der Waals surface area contributed by atoms with E-state index in [0.717, 1.165) is 16.9 Å². The fraction of sp³-hybridized carbons (Fsp3) is 0.143. The van der Waals surface area contributed by atoms with Gasteiger partial charge in [-0.05, 0) is 29.8 Å². The summed E-state index contributed by atoms with van der Waals surface area (Å²) in [6, 6.07) is 15.7. The van der Waals surface area contributed by atoms with Gasteiger partial charge in [-0.15, -0.1) is 11.8 Å². The third-order valence-corrected chi connectivity index (χ3v) is 5.18. The van der Waals surface area contributed by atoms with Crippen molar-refractivity contribution < 1.29 is 14.5 Å². The van der Waals surface area contributed by atoms with E-state index in [0.29, 0.717) is 5.75 Å². The molecular weight excluding hydrogens is 390 g/mol. The SMILES string of the molecule is COc1cc(/C=C/C(=O)c2nn(C)cc2[N+](=O)[O-])ccc1CSc1ccccc1. The molecule has 0 amide bonds. The van der Waals surface area contributed by atoms with Crippen LogP contribution in [0.15, 0.2) is 65.7 Å². The molecule has 1 heterocycles. The summed E-state index contributed by atoms with van der Waals surface area (Å²) >= 11 is 1.70. The number of benzene rings is 2. The molecule has 8 heteroatoms. The Kier molecular flexibility index (Phi) is 6.46. The van der Waals surface area contributed by atoms with Crippen molar-refractivity contribution in [2.24, 2.45) is 7.05 Å². The molecule has 0 spiro atoms. The molecule has 0 saturated heterocycles. The van der Waals surface area contributed by atoms with Crippen molar-refractivity contribution in [3.63, 3.8) is 0 Å². The molecule has 29 heavy (non-hydrogen) atoms. The fourth-order valence-electron chi connectivity index (χ4n) is 2.70. The number of methoxy groups -OCH3 is 1. The van der Waals surface area contributed by atoms with Crippen molar-refractivity contribution in [1.82, 2.24) is 9.78 Å². The van der Waals surface area contributed by atoms with Gasteiger partial charge in [0.2, 0.25) is 11.5 Å². The largest absolute Gasteiger partial charge is 0.496 e. The second-order valence-electron chi connectivity index (χ2n) is 6.16. The van der Waals surface area contributed by atoms with Crippen LogP contribution in [0.1, 0.15) is 21.6 Å². The highest BCUT2D eigenvalue weighted by Gasteiger charge is 2.23. The first kappa shape index (κ1) is 20.3. The lowest BCUT2D eigenvalue weighted by Crippen LogP contribution is -2.01. The number of rotatable bonds is 8. The van der Waals surface area contributed by atoms with Crippen molar-refractivity contribution >= 4 is 29.3 Å². The number of hydrogen-bond acceptors (Lipinski definition) is 6. The number of thioether (sulfide) groups is 1. The predicted molar refractivity (Wildman–Crippen MR) is 112 cm³/mol. The minimum Gasteiger partial charge on any atom is -0.496 e. The molecule has 0 fully saturated rings. The van der Waals surface area contributed by atoms with Gasteiger partial charge >= 0.3 is 5.69 Å². The Morgan fingerprint density at radius 2 is 2.03 bits per heavy atom. The number of aryl methyl sites for hydroxylation is 1. The molecule has 0 bridgehead atoms. The van der Waals surface area contributed by atoms with Crippen LogP contribution in [0.3, 0.4) is 0 Å². The normalized spacial score (nSPS) is 11.0. The van der Waals surface area contributed by atoms with Gasteiger partial charge in [-0.1, -0.05) is 36.4 Å². The second kappa shape index (κ2) is 9.20. The number of nitrogens with zero attached hydrogens (tertiary/aromatic N) is 3. The molecule has 148 valence electrons. The summed E-state index contributed by atoms with van der Waals surface area (Å²) < 4.78 is 6.73. The summed E-state index contributed by atoms with van der Waals surface area (Å²) in [4.78, 5) is 23.9. The molecule has 7 nitrogen and oxygen atoms in total. The smallest absolute Gasteiger partial charge is 0.318 e. The van der Waals surface area contributed by atoms with Gasteiger partial charge in [0.25, 0.3) is 0 Å². The first-order valence-corrected chi connectivity index (χ1v) is 9.71. The Morgan fingerprint density at radius 3 is 2.72 bits per heavy atom. The predicted octanol–water partition coefficient (Wildman–Crippen LogP) is 4.53. The second-order valence-corrected chi connectivity index (χ2v) is 7.21. The number of ether oxygens (including phenoxy) is 1. The highest BCUT2D eigenvalue weighted by molar-refractivity contribution is 7.98. The van der Waals surface area contributed by atoms with Crippen LogP contribution in [-0.2, 0) is 12.8 Å². The zero-order valence-electron chi connectivity index (χ0n) is 15.9. The van der Waals surface area contributed by atoms with E-state index in [1.165, 1.54) is 28.9 Å². The minimum absolute atomic E-state index is 0.184. The molecule has 0 aliphatic rings. The maximum absolute atomic E-state index is 12.3. The lowest BCUT2D eigenvalue weighted by molar-refractivity contribution is -0.385. The quantitative estimate of drug-likeness (QED) is 0.179. The summed E-state index contributed by atoms with van der Waals surface area (Å²) in [5, 5.41) is 14.9.